The van der Waals surface area contributed by atoms with Crippen molar-refractivity contribution in [1.29, 1.82) is 0 Å². The summed E-state index contributed by atoms with van der Waals surface area (Å²) in [5, 5.41) is 2.50. The number of fused-ring (bicyclic) bond motifs is 1. The molecule has 9 heteroatoms. The minimum absolute atomic E-state index is 0.0181. The Hall–Kier alpha value is -3.88. The Labute approximate surface area is 173 Å². The van der Waals surface area contributed by atoms with E-state index in [-0.39, 0.29) is 18.1 Å². The van der Waals surface area contributed by atoms with Crippen LogP contribution in [0.5, 0.6) is 0 Å². The van der Waals surface area contributed by atoms with Crippen molar-refractivity contribution in [2.75, 3.05) is 5.32 Å². The van der Waals surface area contributed by atoms with Crippen LogP contribution < -0.4 is 5.32 Å². The maximum absolute atomic E-state index is 13.8. The van der Waals surface area contributed by atoms with Crippen molar-refractivity contribution in [1.82, 2.24) is 9.38 Å². The molecule has 1 N–H and O–H groups in total. The molecule has 2 heterocycles. The lowest BCUT2D eigenvalue weighted by atomic mass is 10.1. The number of rotatable bonds is 4. The normalized spacial score (nSPS) is 11.5. The number of amides is 1. The van der Waals surface area contributed by atoms with Crippen LogP contribution in [0.1, 0.15) is 11.1 Å². The van der Waals surface area contributed by atoms with Crippen LogP contribution >= 0.6 is 0 Å². The number of hydrogen-bond acceptors (Lipinski definition) is 3. The molecule has 0 aliphatic carbocycles. The van der Waals surface area contributed by atoms with Gasteiger partial charge in [-0.3, -0.25) is 9.72 Å². The number of carbonyl (C=O) groups excluding carboxylic acids is 1. The van der Waals surface area contributed by atoms with Gasteiger partial charge in [0.25, 0.3) is 0 Å². The molecule has 2 aromatic carbocycles. The van der Waals surface area contributed by atoms with E-state index >= 15 is 0 Å². The number of ether oxygens (including phenoxy) is 1. The quantitative estimate of drug-likeness (QED) is 0.411. The van der Waals surface area contributed by atoms with Crippen molar-refractivity contribution < 1.29 is 27.1 Å². The molecule has 0 aliphatic rings. The number of nitrogens with zero attached hydrogens (tertiary/aromatic N) is 2. The van der Waals surface area contributed by atoms with Crippen molar-refractivity contribution in [3.63, 3.8) is 0 Å². The van der Waals surface area contributed by atoms with Crippen molar-refractivity contribution in [2.24, 2.45) is 0 Å². The molecule has 4 rings (SSSR count). The second-order valence-electron chi connectivity index (χ2n) is 6.65. The minimum atomic E-state index is -4.49. The van der Waals surface area contributed by atoms with E-state index in [9.17, 15) is 22.4 Å². The zero-order chi connectivity index (χ0) is 22.0. The summed E-state index contributed by atoms with van der Waals surface area (Å²) in [5.41, 5.74) is 0.782. The fraction of sp³-hybridized carbons (Fsp3) is 0.0909. The number of imidazole rings is 1. The number of aromatic nitrogens is 2. The number of nitrogens with one attached hydrogen (secondary N) is 1. The van der Waals surface area contributed by atoms with Crippen LogP contribution in [0.3, 0.4) is 0 Å². The highest BCUT2D eigenvalue weighted by Gasteiger charge is 2.30. The van der Waals surface area contributed by atoms with E-state index in [0.717, 1.165) is 23.9 Å². The van der Waals surface area contributed by atoms with Gasteiger partial charge in [0.05, 0.1) is 11.3 Å². The average Bonchev–Trinajstić information content (AvgIpc) is 3.09. The first-order valence-electron chi connectivity index (χ1n) is 9.14. The molecule has 31 heavy (non-hydrogen) atoms. The van der Waals surface area contributed by atoms with Gasteiger partial charge in [0.1, 0.15) is 18.1 Å². The third-order valence-electron chi connectivity index (χ3n) is 4.50. The van der Waals surface area contributed by atoms with E-state index in [1.54, 1.807) is 24.3 Å². The fourth-order valence-corrected chi connectivity index (χ4v) is 3.05. The molecule has 0 bridgehead atoms. The molecule has 4 aromatic rings. The third kappa shape index (κ3) is 4.50. The molecule has 0 saturated heterocycles. The molecule has 2 aromatic heterocycles. The Morgan fingerprint density at radius 2 is 1.71 bits per heavy atom. The summed E-state index contributed by atoms with van der Waals surface area (Å²) in [7, 11) is 0. The SMILES string of the molecule is O=C(Nc1nc2ccc(F)cn2c1-c1ccc(C(F)(F)F)cc1)OCc1ccccc1. The van der Waals surface area contributed by atoms with Crippen LogP contribution in [-0.4, -0.2) is 15.5 Å². The topological polar surface area (TPSA) is 55.6 Å². The van der Waals surface area contributed by atoms with Crippen LogP contribution in [0.25, 0.3) is 16.9 Å². The zero-order valence-corrected chi connectivity index (χ0v) is 15.9. The summed E-state index contributed by atoms with van der Waals surface area (Å²) in [4.78, 5) is 16.6. The largest absolute Gasteiger partial charge is 0.444 e. The van der Waals surface area contributed by atoms with E-state index in [4.69, 9.17) is 4.74 Å². The summed E-state index contributed by atoms with van der Waals surface area (Å²) in [6.07, 6.45) is -4.16. The maximum atomic E-state index is 13.8. The van der Waals surface area contributed by atoms with Crippen molar-refractivity contribution in [3.05, 3.63) is 89.9 Å². The number of halogens is 4. The smallest absolute Gasteiger partial charge is 0.416 e. The monoisotopic (exact) mass is 429 g/mol. The highest BCUT2D eigenvalue weighted by atomic mass is 19.4. The van der Waals surface area contributed by atoms with Crippen molar-refractivity contribution in [2.45, 2.75) is 12.8 Å². The summed E-state index contributed by atoms with van der Waals surface area (Å²) >= 11 is 0. The summed E-state index contributed by atoms with van der Waals surface area (Å²) in [5.74, 6) is -0.542. The average molecular weight is 429 g/mol. The summed E-state index contributed by atoms with van der Waals surface area (Å²) in [6, 6.07) is 15.9. The van der Waals surface area contributed by atoms with Crippen molar-refractivity contribution in [3.8, 4) is 11.3 Å². The van der Waals surface area contributed by atoms with Gasteiger partial charge in [0.2, 0.25) is 0 Å². The lowest BCUT2D eigenvalue weighted by Crippen LogP contribution is -2.14. The summed E-state index contributed by atoms with van der Waals surface area (Å²) in [6.45, 7) is 0.0181. The molecule has 0 aliphatic heterocycles. The standard InChI is InChI=1S/C22H15F4N3O2/c23-17-10-11-18-27-20(28-21(30)31-13-14-4-2-1-3-5-14)19(29(18)12-17)15-6-8-16(9-7-15)22(24,25)26/h1-12H,13H2,(H,28,30). The van der Waals surface area contributed by atoms with Gasteiger partial charge in [-0.05, 0) is 29.8 Å². The molecule has 0 saturated carbocycles. The maximum Gasteiger partial charge on any atom is 0.416 e. The molecule has 158 valence electrons. The van der Waals surface area contributed by atoms with Gasteiger partial charge in [-0.2, -0.15) is 13.2 Å². The second kappa shape index (κ2) is 8.10. The predicted octanol–water partition coefficient (Wildman–Crippen LogP) is 5.91. The van der Waals surface area contributed by atoms with Crippen LogP contribution in [0.15, 0.2) is 72.9 Å². The molecule has 5 nitrogen and oxygen atoms in total. The van der Waals surface area contributed by atoms with Gasteiger partial charge in [-0.1, -0.05) is 42.5 Å². The summed E-state index contributed by atoms with van der Waals surface area (Å²) < 4.78 is 59.1. The molecular weight excluding hydrogens is 414 g/mol. The van der Waals surface area contributed by atoms with E-state index in [1.807, 2.05) is 6.07 Å². The van der Waals surface area contributed by atoms with Crippen LogP contribution in [0.4, 0.5) is 28.2 Å². The Morgan fingerprint density at radius 3 is 2.39 bits per heavy atom. The van der Waals surface area contributed by atoms with E-state index in [1.165, 1.54) is 28.7 Å². The first-order valence-corrected chi connectivity index (χ1v) is 9.14. The van der Waals surface area contributed by atoms with Crippen molar-refractivity contribution >= 4 is 17.6 Å². The highest BCUT2D eigenvalue weighted by Crippen LogP contribution is 2.34. The number of benzene rings is 2. The third-order valence-corrected chi connectivity index (χ3v) is 4.50. The van der Waals surface area contributed by atoms with Gasteiger partial charge in [-0.25, -0.2) is 14.2 Å². The van der Waals surface area contributed by atoms with Crippen LogP contribution in [-0.2, 0) is 17.5 Å². The van der Waals surface area contributed by atoms with Gasteiger partial charge in [0.15, 0.2) is 5.82 Å². The lowest BCUT2D eigenvalue weighted by molar-refractivity contribution is -0.137. The lowest BCUT2D eigenvalue weighted by Gasteiger charge is -2.10. The zero-order valence-electron chi connectivity index (χ0n) is 15.9. The van der Waals surface area contributed by atoms with E-state index < -0.39 is 23.7 Å². The predicted molar refractivity (Wildman–Crippen MR) is 106 cm³/mol. The molecule has 0 radical (unpaired) electrons. The van der Waals surface area contributed by atoms with Gasteiger partial charge in [-0.15, -0.1) is 0 Å². The van der Waals surface area contributed by atoms with Gasteiger partial charge < -0.3 is 4.74 Å². The molecule has 0 spiro atoms. The van der Waals surface area contributed by atoms with Gasteiger partial charge >= 0.3 is 12.3 Å². The molecule has 1 amide bonds. The number of anilines is 1. The van der Waals surface area contributed by atoms with Crippen LogP contribution in [0, 0.1) is 5.82 Å². The fourth-order valence-electron chi connectivity index (χ4n) is 3.05. The van der Waals surface area contributed by atoms with Gasteiger partial charge in [0, 0.05) is 11.8 Å². The first-order chi connectivity index (χ1) is 14.8. The Kier molecular flexibility index (Phi) is 5.33. The number of hydrogen-bond donors (Lipinski definition) is 1. The second-order valence-corrected chi connectivity index (χ2v) is 6.65. The Morgan fingerprint density at radius 1 is 1.00 bits per heavy atom. The first kappa shape index (κ1) is 20.4. The molecule has 0 fully saturated rings. The molecule has 0 unspecified atom stereocenters. The van der Waals surface area contributed by atoms with E-state index in [0.29, 0.717) is 11.2 Å². The number of pyridine rings is 1. The van der Waals surface area contributed by atoms with Crippen LogP contribution in [0.2, 0.25) is 0 Å². The number of alkyl halides is 3. The van der Waals surface area contributed by atoms with E-state index in [2.05, 4.69) is 10.3 Å². The molecule has 0 atom stereocenters. The highest BCUT2D eigenvalue weighted by molar-refractivity contribution is 5.90. The minimum Gasteiger partial charge on any atom is -0.444 e. The number of carbonyl (C=O) groups is 1. The Bertz CT molecular complexity index is 1220. The Balaban J connectivity index is 1.66. The molecular formula is C22H15F4N3O2.